The molecule has 0 aliphatic rings. The van der Waals surface area contributed by atoms with Gasteiger partial charge in [-0.2, -0.15) is 0 Å². The molecule has 6 nitrogen and oxygen atoms in total. The Morgan fingerprint density at radius 2 is 1.68 bits per heavy atom. The highest BCUT2D eigenvalue weighted by molar-refractivity contribution is 5.88. The Balaban J connectivity index is 2.16. The van der Waals surface area contributed by atoms with Gasteiger partial charge in [0.15, 0.2) is 6.61 Å². The third-order valence-corrected chi connectivity index (χ3v) is 4.90. The maximum absolute atomic E-state index is 13.1. The van der Waals surface area contributed by atoms with Crippen LogP contribution in [0.1, 0.15) is 38.7 Å². The zero-order chi connectivity index (χ0) is 22.6. The van der Waals surface area contributed by atoms with E-state index in [-0.39, 0.29) is 30.8 Å². The van der Waals surface area contributed by atoms with Crippen LogP contribution in [0.15, 0.2) is 48.5 Å². The van der Waals surface area contributed by atoms with Gasteiger partial charge in [-0.15, -0.1) is 0 Å². The van der Waals surface area contributed by atoms with E-state index in [1.165, 1.54) is 29.2 Å². The second-order valence-corrected chi connectivity index (χ2v) is 7.18. The number of hydrogen-bond acceptors (Lipinski definition) is 4. The zero-order valence-corrected chi connectivity index (χ0v) is 18.4. The summed E-state index contributed by atoms with van der Waals surface area (Å²) in [5.41, 5.74) is 0.871. The minimum atomic E-state index is -0.622. The SMILES string of the molecule is CCCCNC(=O)[C@H](CC)N(Cc1ccc(OC)cc1)C(=O)COc1ccc(F)cc1. The molecule has 0 bridgehead atoms. The number of nitrogens with one attached hydrogen (secondary N) is 1. The van der Waals surface area contributed by atoms with E-state index < -0.39 is 6.04 Å². The highest BCUT2D eigenvalue weighted by atomic mass is 19.1. The largest absolute Gasteiger partial charge is 0.497 e. The van der Waals surface area contributed by atoms with Crippen molar-refractivity contribution >= 4 is 11.8 Å². The average molecular weight is 431 g/mol. The molecule has 0 saturated heterocycles. The van der Waals surface area contributed by atoms with Crippen LogP contribution in [0, 0.1) is 5.82 Å². The first-order valence-electron chi connectivity index (χ1n) is 10.6. The first-order valence-corrected chi connectivity index (χ1v) is 10.6. The molecule has 168 valence electrons. The highest BCUT2D eigenvalue weighted by Gasteiger charge is 2.28. The van der Waals surface area contributed by atoms with Gasteiger partial charge in [0, 0.05) is 13.1 Å². The lowest BCUT2D eigenvalue weighted by atomic mass is 10.1. The fourth-order valence-electron chi connectivity index (χ4n) is 3.11. The normalized spacial score (nSPS) is 11.5. The Kier molecular flexibility index (Phi) is 9.81. The summed E-state index contributed by atoms with van der Waals surface area (Å²) in [5.74, 6) is 0.219. The molecule has 0 spiro atoms. The molecule has 0 unspecified atom stereocenters. The van der Waals surface area contributed by atoms with Gasteiger partial charge in [0.1, 0.15) is 23.4 Å². The van der Waals surface area contributed by atoms with Gasteiger partial charge in [-0.3, -0.25) is 9.59 Å². The van der Waals surface area contributed by atoms with Crippen molar-refractivity contribution in [3.8, 4) is 11.5 Å². The lowest BCUT2D eigenvalue weighted by Gasteiger charge is -2.30. The van der Waals surface area contributed by atoms with Gasteiger partial charge in [0.25, 0.3) is 5.91 Å². The van der Waals surface area contributed by atoms with Crippen molar-refractivity contribution < 1.29 is 23.5 Å². The van der Waals surface area contributed by atoms with E-state index in [1.807, 2.05) is 31.2 Å². The number of rotatable bonds is 12. The summed E-state index contributed by atoms with van der Waals surface area (Å²) in [4.78, 5) is 27.4. The minimum Gasteiger partial charge on any atom is -0.497 e. The molecule has 1 N–H and O–H groups in total. The molecule has 2 aromatic carbocycles. The highest BCUT2D eigenvalue weighted by Crippen LogP contribution is 2.17. The molecule has 0 fully saturated rings. The number of unbranched alkanes of at least 4 members (excludes halogenated alkanes) is 1. The van der Waals surface area contributed by atoms with E-state index in [9.17, 15) is 14.0 Å². The first-order chi connectivity index (χ1) is 15.0. The molecule has 0 aromatic heterocycles. The summed E-state index contributed by atoms with van der Waals surface area (Å²) in [5, 5.41) is 2.92. The van der Waals surface area contributed by atoms with Crippen molar-refractivity contribution in [1.29, 1.82) is 0 Å². The Morgan fingerprint density at radius 3 is 2.26 bits per heavy atom. The van der Waals surface area contributed by atoms with Crippen LogP contribution in [-0.2, 0) is 16.1 Å². The minimum absolute atomic E-state index is 0.181. The molecule has 7 heteroatoms. The summed E-state index contributed by atoms with van der Waals surface area (Å²) in [6.07, 6.45) is 2.32. The number of nitrogens with zero attached hydrogens (tertiary/aromatic N) is 1. The number of carbonyl (C=O) groups is 2. The summed E-state index contributed by atoms with van der Waals surface area (Å²) < 4.78 is 23.8. The average Bonchev–Trinajstić information content (AvgIpc) is 2.79. The summed E-state index contributed by atoms with van der Waals surface area (Å²) in [7, 11) is 1.59. The van der Waals surface area contributed by atoms with E-state index in [2.05, 4.69) is 12.2 Å². The van der Waals surface area contributed by atoms with Gasteiger partial charge in [-0.25, -0.2) is 4.39 Å². The fourth-order valence-corrected chi connectivity index (χ4v) is 3.11. The predicted molar refractivity (Wildman–Crippen MR) is 117 cm³/mol. The predicted octanol–water partition coefficient (Wildman–Crippen LogP) is 3.94. The smallest absolute Gasteiger partial charge is 0.261 e. The third-order valence-electron chi connectivity index (χ3n) is 4.90. The van der Waals surface area contributed by atoms with Gasteiger partial charge in [-0.1, -0.05) is 32.4 Å². The summed E-state index contributed by atoms with van der Waals surface area (Å²) >= 11 is 0. The lowest BCUT2D eigenvalue weighted by Crippen LogP contribution is -2.50. The van der Waals surface area contributed by atoms with E-state index in [4.69, 9.17) is 9.47 Å². The van der Waals surface area contributed by atoms with Crippen LogP contribution < -0.4 is 14.8 Å². The quantitative estimate of drug-likeness (QED) is 0.518. The molecule has 2 aromatic rings. The molecule has 2 rings (SSSR count). The monoisotopic (exact) mass is 430 g/mol. The van der Waals surface area contributed by atoms with E-state index in [0.717, 1.165) is 18.4 Å². The van der Waals surface area contributed by atoms with Crippen molar-refractivity contribution in [2.75, 3.05) is 20.3 Å². The van der Waals surface area contributed by atoms with Crippen LogP contribution >= 0.6 is 0 Å². The van der Waals surface area contributed by atoms with Crippen molar-refractivity contribution in [2.45, 2.75) is 45.7 Å². The van der Waals surface area contributed by atoms with Gasteiger partial charge >= 0.3 is 0 Å². The van der Waals surface area contributed by atoms with Crippen LogP contribution in [0.5, 0.6) is 11.5 Å². The van der Waals surface area contributed by atoms with Gasteiger partial charge < -0.3 is 19.7 Å². The van der Waals surface area contributed by atoms with E-state index in [1.54, 1.807) is 7.11 Å². The summed E-state index contributed by atoms with van der Waals surface area (Å²) in [6, 6.07) is 12.2. The first kappa shape index (κ1) is 24.2. The molecule has 0 saturated carbocycles. The van der Waals surface area contributed by atoms with Gasteiger partial charge in [-0.05, 0) is 54.8 Å². The number of carbonyl (C=O) groups excluding carboxylic acids is 2. The number of ether oxygens (including phenoxy) is 2. The summed E-state index contributed by atoms with van der Waals surface area (Å²) in [6.45, 7) is 4.51. The standard InChI is InChI=1S/C24H31FN2O4/c1-4-6-15-26-24(29)22(5-2)27(16-18-7-11-20(30-3)12-8-18)23(28)17-31-21-13-9-19(25)10-14-21/h7-14,22H,4-6,15-17H2,1-3H3,(H,26,29)/t22-/m0/s1. The molecule has 0 aliphatic heterocycles. The van der Waals surface area contributed by atoms with Crippen molar-refractivity contribution in [3.63, 3.8) is 0 Å². The van der Waals surface area contributed by atoms with Gasteiger partial charge in [0.2, 0.25) is 5.91 Å². The van der Waals surface area contributed by atoms with Gasteiger partial charge in [0.05, 0.1) is 7.11 Å². The van der Waals surface area contributed by atoms with Crippen LogP contribution in [0.3, 0.4) is 0 Å². The number of methoxy groups -OCH3 is 1. The Morgan fingerprint density at radius 1 is 1.03 bits per heavy atom. The topological polar surface area (TPSA) is 67.9 Å². The number of hydrogen-bond donors (Lipinski definition) is 1. The number of halogens is 1. The molecule has 31 heavy (non-hydrogen) atoms. The van der Waals surface area contributed by atoms with Crippen molar-refractivity contribution in [2.24, 2.45) is 0 Å². The Hall–Kier alpha value is -3.09. The molecule has 1 atom stereocenters. The van der Waals surface area contributed by atoms with Crippen LogP contribution in [0.25, 0.3) is 0 Å². The van der Waals surface area contributed by atoms with Crippen LogP contribution in [0.2, 0.25) is 0 Å². The number of amides is 2. The van der Waals surface area contributed by atoms with Crippen molar-refractivity contribution in [1.82, 2.24) is 10.2 Å². The molecular formula is C24H31FN2O4. The van der Waals surface area contributed by atoms with Crippen LogP contribution in [0.4, 0.5) is 4.39 Å². The maximum atomic E-state index is 13.1. The molecule has 0 aliphatic carbocycles. The maximum Gasteiger partial charge on any atom is 0.261 e. The lowest BCUT2D eigenvalue weighted by molar-refractivity contribution is -0.143. The van der Waals surface area contributed by atoms with Crippen molar-refractivity contribution in [3.05, 3.63) is 59.9 Å². The second-order valence-electron chi connectivity index (χ2n) is 7.18. The third kappa shape index (κ3) is 7.59. The fraction of sp³-hybridized carbons (Fsp3) is 0.417. The molecular weight excluding hydrogens is 399 g/mol. The van der Waals surface area contributed by atoms with E-state index >= 15 is 0 Å². The molecule has 2 amide bonds. The number of benzene rings is 2. The molecule has 0 radical (unpaired) electrons. The zero-order valence-electron chi connectivity index (χ0n) is 18.4. The second kappa shape index (κ2) is 12.6. The molecule has 0 heterocycles. The van der Waals surface area contributed by atoms with E-state index in [0.29, 0.717) is 24.5 Å². The van der Waals surface area contributed by atoms with Crippen LogP contribution in [-0.4, -0.2) is 43.0 Å². The Bertz CT molecular complexity index is 824. The Labute approximate surface area is 183 Å².